The number of nitrogens with zero attached hydrogens (tertiary/aromatic N) is 7. The Labute approximate surface area is 278 Å². The molecule has 0 bridgehead atoms. The van der Waals surface area contributed by atoms with Gasteiger partial charge in [0.1, 0.15) is 18.8 Å². The van der Waals surface area contributed by atoms with Crippen LogP contribution in [0.5, 0.6) is 0 Å². The lowest BCUT2D eigenvalue weighted by atomic mass is 9.72. The summed E-state index contributed by atoms with van der Waals surface area (Å²) in [4.78, 5) is 45.9. The SMILES string of the molecule is CC[C@@H]([C@@H]1CCC(N)[C@@H](C2C(N=[N+]=[N-])CC(N=[N+]=[N-])[C@H](OC(C)=O)[C@H]2OC(C)=O)O1)N(Cc1ccccc1)C(=O)OCc1ccccc1. The van der Waals surface area contributed by atoms with Crippen LogP contribution in [0.1, 0.15) is 57.6 Å². The van der Waals surface area contributed by atoms with Crippen molar-refractivity contribution < 1.29 is 33.3 Å². The molecule has 15 nitrogen and oxygen atoms in total. The number of carbonyl (C=O) groups is 3. The Balaban J connectivity index is 1.69. The van der Waals surface area contributed by atoms with Crippen molar-refractivity contribution in [3.8, 4) is 0 Å². The van der Waals surface area contributed by atoms with E-state index in [-0.39, 0.29) is 19.6 Å². The third-order valence-corrected chi connectivity index (χ3v) is 8.81. The van der Waals surface area contributed by atoms with Crippen LogP contribution in [0.2, 0.25) is 0 Å². The van der Waals surface area contributed by atoms with Crippen molar-refractivity contribution in [3.63, 3.8) is 0 Å². The van der Waals surface area contributed by atoms with Crippen LogP contribution in [0.4, 0.5) is 4.79 Å². The summed E-state index contributed by atoms with van der Waals surface area (Å²) in [5, 5.41) is 7.77. The molecule has 4 rings (SSSR count). The summed E-state index contributed by atoms with van der Waals surface area (Å²) in [6.45, 7) is 4.68. The van der Waals surface area contributed by atoms with Crippen LogP contribution in [0.25, 0.3) is 20.9 Å². The predicted octanol–water partition coefficient (Wildman–Crippen LogP) is 5.72. The minimum Gasteiger partial charge on any atom is -0.458 e. The molecule has 1 saturated carbocycles. The zero-order valence-corrected chi connectivity index (χ0v) is 27.3. The Morgan fingerprint density at radius 2 is 1.50 bits per heavy atom. The highest BCUT2D eigenvalue weighted by Crippen LogP contribution is 2.41. The molecule has 256 valence electrons. The first-order valence-corrected chi connectivity index (χ1v) is 16.0. The lowest BCUT2D eigenvalue weighted by Gasteiger charge is -2.50. The first-order chi connectivity index (χ1) is 23.2. The second-order valence-electron chi connectivity index (χ2n) is 12.0. The van der Waals surface area contributed by atoms with Crippen LogP contribution in [0.15, 0.2) is 70.9 Å². The maximum absolute atomic E-state index is 13.8. The van der Waals surface area contributed by atoms with E-state index in [0.29, 0.717) is 19.3 Å². The number of carbonyl (C=O) groups excluding carboxylic acids is 3. The van der Waals surface area contributed by atoms with Crippen LogP contribution in [0, 0.1) is 5.92 Å². The summed E-state index contributed by atoms with van der Waals surface area (Å²) >= 11 is 0. The molecule has 2 fully saturated rings. The standard InChI is InChI=1S/C33H42N8O7/c1-4-27(41(18-22-11-7-5-8-12-22)33(44)45-19-23-13-9-6-10-14-23)28-16-15-24(34)30(48-28)29-25(37-39-35)17-26(38-40-36)31(46-20(2)42)32(29)47-21(3)43/h5-14,24-32H,4,15-19,34H2,1-3H3/t24?,25?,26?,27-,28-,29?,30-,31-,32-/m0/s1. The maximum Gasteiger partial charge on any atom is 0.410 e. The Bertz CT molecular complexity index is 1490. The summed E-state index contributed by atoms with van der Waals surface area (Å²) in [5.41, 5.74) is 27.2. The number of nitrogens with two attached hydrogens (primary N) is 1. The molecule has 48 heavy (non-hydrogen) atoms. The van der Waals surface area contributed by atoms with E-state index in [1.807, 2.05) is 67.6 Å². The van der Waals surface area contributed by atoms with Gasteiger partial charge in [0.25, 0.3) is 0 Å². The van der Waals surface area contributed by atoms with Gasteiger partial charge in [0, 0.05) is 48.2 Å². The lowest BCUT2D eigenvalue weighted by molar-refractivity contribution is -0.197. The molecule has 2 aromatic carbocycles. The van der Waals surface area contributed by atoms with Gasteiger partial charge in [-0.3, -0.25) is 14.5 Å². The number of ether oxygens (including phenoxy) is 4. The number of hydrogen-bond acceptors (Lipinski definition) is 10. The van der Waals surface area contributed by atoms with E-state index in [1.165, 1.54) is 13.8 Å². The van der Waals surface area contributed by atoms with Gasteiger partial charge in [-0.05, 0) is 47.9 Å². The molecule has 1 saturated heterocycles. The molecule has 1 aliphatic heterocycles. The van der Waals surface area contributed by atoms with Gasteiger partial charge >= 0.3 is 18.0 Å². The van der Waals surface area contributed by atoms with E-state index in [2.05, 4.69) is 20.1 Å². The summed E-state index contributed by atoms with van der Waals surface area (Å²) in [5.74, 6) is -2.24. The maximum atomic E-state index is 13.8. The molecule has 0 spiro atoms. The van der Waals surface area contributed by atoms with Gasteiger partial charge in [0.15, 0.2) is 0 Å². The Kier molecular flexibility index (Phi) is 13.0. The van der Waals surface area contributed by atoms with Gasteiger partial charge in [0.2, 0.25) is 0 Å². The molecule has 0 aromatic heterocycles. The summed E-state index contributed by atoms with van der Waals surface area (Å²) < 4.78 is 23.9. The van der Waals surface area contributed by atoms with Gasteiger partial charge in [-0.15, -0.1) is 0 Å². The van der Waals surface area contributed by atoms with E-state index < -0.39 is 72.5 Å². The predicted molar refractivity (Wildman–Crippen MR) is 174 cm³/mol. The molecule has 15 heteroatoms. The fraction of sp³-hybridized carbons (Fsp3) is 0.545. The van der Waals surface area contributed by atoms with E-state index >= 15 is 0 Å². The molecular weight excluding hydrogens is 620 g/mol. The average molecular weight is 663 g/mol. The third-order valence-electron chi connectivity index (χ3n) is 8.81. The minimum absolute atomic E-state index is 0.00506. The number of benzene rings is 2. The Morgan fingerprint density at radius 1 is 0.917 bits per heavy atom. The topological polar surface area (TPSA) is 215 Å². The van der Waals surface area contributed by atoms with Gasteiger partial charge in [-0.1, -0.05) is 77.8 Å². The largest absolute Gasteiger partial charge is 0.458 e. The van der Waals surface area contributed by atoms with Crippen molar-refractivity contribution in [1.29, 1.82) is 0 Å². The van der Waals surface area contributed by atoms with Crippen molar-refractivity contribution in [2.24, 2.45) is 21.9 Å². The molecule has 2 N–H and O–H groups in total. The quantitative estimate of drug-likeness (QED) is 0.0972. The monoisotopic (exact) mass is 662 g/mol. The molecule has 1 aliphatic carbocycles. The van der Waals surface area contributed by atoms with Crippen LogP contribution in [0.3, 0.4) is 0 Å². The number of amides is 1. The molecule has 2 aromatic rings. The van der Waals surface area contributed by atoms with Crippen LogP contribution in [-0.2, 0) is 41.7 Å². The van der Waals surface area contributed by atoms with Crippen LogP contribution in [-0.4, -0.2) is 71.5 Å². The fourth-order valence-electron chi connectivity index (χ4n) is 6.78. The first-order valence-electron chi connectivity index (χ1n) is 16.0. The lowest BCUT2D eigenvalue weighted by Crippen LogP contribution is -2.64. The average Bonchev–Trinajstić information content (AvgIpc) is 3.07. The van der Waals surface area contributed by atoms with Crippen molar-refractivity contribution >= 4 is 18.0 Å². The molecular formula is C33H42N8O7. The van der Waals surface area contributed by atoms with E-state index in [1.54, 1.807) is 4.90 Å². The van der Waals surface area contributed by atoms with Crippen molar-refractivity contribution in [2.45, 2.75) is 108 Å². The van der Waals surface area contributed by atoms with Gasteiger partial charge in [-0.25, -0.2) is 4.79 Å². The van der Waals surface area contributed by atoms with Gasteiger partial charge < -0.3 is 24.7 Å². The molecule has 1 amide bonds. The highest BCUT2D eigenvalue weighted by molar-refractivity contribution is 5.68. The molecule has 0 radical (unpaired) electrons. The normalized spacial score (nSPS) is 27.2. The zero-order chi connectivity index (χ0) is 34.6. The fourth-order valence-corrected chi connectivity index (χ4v) is 6.78. The van der Waals surface area contributed by atoms with Crippen LogP contribution >= 0.6 is 0 Å². The zero-order valence-electron chi connectivity index (χ0n) is 27.3. The van der Waals surface area contributed by atoms with Crippen molar-refractivity contribution in [1.82, 2.24) is 4.90 Å². The smallest absolute Gasteiger partial charge is 0.410 e. The molecule has 2 aliphatic rings. The third kappa shape index (κ3) is 9.17. The molecule has 9 atom stereocenters. The summed E-state index contributed by atoms with van der Waals surface area (Å²) in [6.07, 6.45) is -2.84. The van der Waals surface area contributed by atoms with Crippen molar-refractivity contribution in [2.75, 3.05) is 0 Å². The number of hydrogen-bond donors (Lipinski definition) is 1. The summed E-state index contributed by atoms with van der Waals surface area (Å²) in [6, 6.07) is 16.0. The second kappa shape index (κ2) is 17.4. The van der Waals surface area contributed by atoms with Gasteiger partial charge in [-0.2, -0.15) is 0 Å². The highest BCUT2D eigenvalue weighted by atomic mass is 16.6. The van der Waals surface area contributed by atoms with E-state index in [4.69, 9.17) is 24.7 Å². The van der Waals surface area contributed by atoms with Gasteiger partial charge in [0.05, 0.1) is 24.3 Å². The first kappa shape index (κ1) is 36.0. The van der Waals surface area contributed by atoms with Crippen molar-refractivity contribution in [3.05, 3.63) is 92.7 Å². The number of azide groups is 2. The number of esters is 2. The Morgan fingerprint density at radius 3 is 2.08 bits per heavy atom. The van der Waals surface area contributed by atoms with Crippen LogP contribution < -0.4 is 5.73 Å². The minimum atomic E-state index is -1.21. The number of rotatable bonds is 12. The highest BCUT2D eigenvalue weighted by Gasteiger charge is 2.54. The molecule has 1 heterocycles. The summed E-state index contributed by atoms with van der Waals surface area (Å²) in [7, 11) is 0. The van der Waals surface area contributed by atoms with E-state index in [0.717, 1.165) is 11.1 Å². The second-order valence-corrected chi connectivity index (χ2v) is 12.0. The van der Waals surface area contributed by atoms with E-state index in [9.17, 15) is 25.4 Å². The molecule has 4 unspecified atom stereocenters. The Hall–Kier alpha value is -4.81.